The van der Waals surface area contributed by atoms with Crippen LogP contribution in [0.5, 0.6) is 0 Å². The van der Waals surface area contributed by atoms with Crippen molar-refractivity contribution in [3.63, 3.8) is 0 Å². The van der Waals surface area contributed by atoms with Crippen LogP contribution in [-0.2, 0) is 0 Å². The van der Waals surface area contributed by atoms with Gasteiger partial charge in [-0.15, -0.1) is 0 Å². The molecule has 0 aromatic heterocycles. The summed E-state index contributed by atoms with van der Waals surface area (Å²) in [5, 5.41) is 3.37. The first-order valence-corrected chi connectivity index (χ1v) is 4.73. The van der Waals surface area contributed by atoms with Crippen LogP contribution in [-0.4, -0.2) is 6.54 Å². The lowest BCUT2D eigenvalue weighted by molar-refractivity contribution is 0.598. The van der Waals surface area contributed by atoms with Gasteiger partial charge < -0.3 is 5.32 Å². The molecule has 1 heteroatoms. The smallest absolute Gasteiger partial charge is 0.0291 e. The Morgan fingerprint density at radius 1 is 1.38 bits per heavy atom. The van der Waals surface area contributed by atoms with Gasteiger partial charge in [0, 0.05) is 6.04 Å². The summed E-state index contributed by atoms with van der Waals surface area (Å²) in [4.78, 5) is 0. The third-order valence-electron chi connectivity index (χ3n) is 2.18. The van der Waals surface area contributed by atoms with Crippen molar-refractivity contribution in [2.75, 3.05) is 6.54 Å². The molecule has 70 valence electrons. The predicted octanol–water partition coefficient (Wildman–Crippen LogP) is 3.00. The maximum absolute atomic E-state index is 3.73. The molecule has 0 saturated heterocycles. The highest BCUT2D eigenvalue weighted by molar-refractivity contribution is 5.47. The fraction of sp³-hybridized carbons (Fsp3) is 0.333. The van der Waals surface area contributed by atoms with E-state index in [0.717, 1.165) is 6.54 Å². The van der Waals surface area contributed by atoms with Gasteiger partial charge in [0.15, 0.2) is 0 Å². The van der Waals surface area contributed by atoms with Crippen LogP contribution in [0.25, 0.3) is 6.08 Å². The zero-order valence-corrected chi connectivity index (χ0v) is 8.38. The van der Waals surface area contributed by atoms with Crippen LogP contribution < -0.4 is 5.32 Å². The minimum absolute atomic E-state index is 0.434. The van der Waals surface area contributed by atoms with Crippen LogP contribution in [0.1, 0.15) is 31.0 Å². The monoisotopic (exact) mass is 175 g/mol. The molecule has 1 N–H and O–H groups in total. The Labute approximate surface area is 80.5 Å². The number of nitrogens with one attached hydrogen (secondary N) is 1. The second kappa shape index (κ2) is 4.83. The molecule has 1 rings (SSSR count). The van der Waals surface area contributed by atoms with E-state index in [4.69, 9.17) is 0 Å². The minimum atomic E-state index is 0.434. The summed E-state index contributed by atoms with van der Waals surface area (Å²) in [6.07, 6.45) is 1.86. The first-order chi connectivity index (χ1) is 6.27. The van der Waals surface area contributed by atoms with Crippen LogP contribution in [0.4, 0.5) is 0 Å². The summed E-state index contributed by atoms with van der Waals surface area (Å²) < 4.78 is 0. The minimum Gasteiger partial charge on any atom is -0.310 e. The Bertz CT molecular complexity index is 261. The molecule has 13 heavy (non-hydrogen) atoms. The average molecular weight is 175 g/mol. The van der Waals surface area contributed by atoms with Crippen LogP contribution in [0, 0.1) is 0 Å². The van der Waals surface area contributed by atoms with Crippen molar-refractivity contribution in [3.8, 4) is 0 Å². The molecule has 0 radical (unpaired) electrons. The van der Waals surface area contributed by atoms with Gasteiger partial charge >= 0.3 is 0 Å². The third-order valence-corrected chi connectivity index (χ3v) is 2.18. The predicted molar refractivity (Wildman–Crippen MR) is 58.6 cm³/mol. The highest BCUT2D eigenvalue weighted by atomic mass is 14.9. The van der Waals surface area contributed by atoms with E-state index in [1.807, 2.05) is 6.08 Å². The quantitative estimate of drug-likeness (QED) is 0.741. The molecule has 1 atom stereocenters. The van der Waals surface area contributed by atoms with E-state index < -0.39 is 0 Å². The summed E-state index contributed by atoms with van der Waals surface area (Å²) in [5.74, 6) is 0. The van der Waals surface area contributed by atoms with Crippen molar-refractivity contribution >= 4 is 6.08 Å². The second-order valence-electron chi connectivity index (χ2n) is 3.15. The van der Waals surface area contributed by atoms with E-state index in [2.05, 4.69) is 50.0 Å². The van der Waals surface area contributed by atoms with E-state index in [1.54, 1.807) is 0 Å². The molecule has 0 bridgehead atoms. The molecule has 1 nitrogen and oxygen atoms in total. The summed E-state index contributed by atoms with van der Waals surface area (Å²) in [7, 11) is 0. The molecule has 0 fully saturated rings. The van der Waals surface area contributed by atoms with Crippen molar-refractivity contribution in [2.45, 2.75) is 19.9 Å². The van der Waals surface area contributed by atoms with Crippen LogP contribution in [0.15, 0.2) is 30.8 Å². The zero-order valence-electron chi connectivity index (χ0n) is 8.38. The van der Waals surface area contributed by atoms with Crippen molar-refractivity contribution in [2.24, 2.45) is 0 Å². The van der Waals surface area contributed by atoms with Gasteiger partial charge in [-0.05, 0) is 24.6 Å². The molecule has 1 unspecified atom stereocenters. The Kier molecular flexibility index (Phi) is 3.71. The molecule has 0 aliphatic rings. The van der Waals surface area contributed by atoms with E-state index in [-0.39, 0.29) is 0 Å². The molecular formula is C12H17N. The number of hydrogen-bond acceptors (Lipinski definition) is 1. The summed E-state index contributed by atoms with van der Waals surface area (Å²) >= 11 is 0. The molecular weight excluding hydrogens is 158 g/mol. The van der Waals surface area contributed by atoms with E-state index in [1.165, 1.54) is 11.1 Å². The Morgan fingerprint density at radius 2 is 2.00 bits per heavy atom. The van der Waals surface area contributed by atoms with Gasteiger partial charge in [0.2, 0.25) is 0 Å². The highest BCUT2D eigenvalue weighted by Crippen LogP contribution is 2.13. The lowest BCUT2D eigenvalue weighted by Gasteiger charge is -2.12. The number of rotatable bonds is 4. The normalized spacial score (nSPS) is 12.5. The molecule has 0 heterocycles. The highest BCUT2D eigenvalue weighted by Gasteiger charge is 2.01. The Morgan fingerprint density at radius 3 is 2.46 bits per heavy atom. The zero-order chi connectivity index (χ0) is 9.68. The van der Waals surface area contributed by atoms with Gasteiger partial charge in [-0.2, -0.15) is 0 Å². The first kappa shape index (κ1) is 10.0. The average Bonchev–Trinajstić information content (AvgIpc) is 2.18. The fourth-order valence-corrected chi connectivity index (χ4v) is 1.34. The SMILES string of the molecule is C=Cc1ccc(C(C)NCC)cc1. The lowest BCUT2D eigenvalue weighted by atomic mass is 10.1. The summed E-state index contributed by atoms with van der Waals surface area (Å²) in [6.45, 7) is 9.02. The van der Waals surface area contributed by atoms with Gasteiger partial charge in [-0.3, -0.25) is 0 Å². The molecule has 0 aliphatic carbocycles. The summed E-state index contributed by atoms with van der Waals surface area (Å²) in [6, 6.07) is 8.91. The summed E-state index contributed by atoms with van der Waals surface area (Å²) in [5.41, 5.74) is 2.50. The van der Waals surface area contributed by atoms with Crippen LogP contribution in [0.3, 0.4) is 0 Å². The van der Waals surface area contributed by atoms with Gasteiger partial charge in [-0.25, -0.2) is 0 Å². The maximum Gasteiger partial charge on any atom is 0.0291 e. The largest absolute Gasteiger partial charge is 0.310 e. The van der Waals surface area contributed by atoms with Crippen molar-refractivity contribution in [1.82, 2.24) is 5.32 Å². The first-order valence-electron chi connectivity index (χ1n) is 4.73. The molecule has 0 spiro atoms. The maximum atomic E-state index is 3.73. The molecule has 0 amide bonds. The van der Waals surface area contributed by atoms with E-state index in [9.17, 15) is 0 Å². The van der Waals surface area contributed by atoms with Crippen molar-refractivity contribution < 1.29 is 0 Å². The van der Waals surface area contributed by atoms with Gasteiger partial charge in [0.1, 0.15) is 0 Å². The Balaban J connectivity index is 2.73. The number of hydrogen-bond donors (Lipinski definition) is 1. The lowest BCUT2D eigenvalue weighted by Crippen LogP contribution is -2.17. The van der Waals surface area contributed by atoms with E-state index >= 15 is 0 Å². The van der Waals surface area contributed by atoms with Crippen molar-refractivity contribution in [1.29, 1.82) is 0 Å². The number of benzene rings is 1. The van der Waals surface area contributed by atoms with Gasteiger partial charge in [0.05, 0.1) is 0 Å². The molecule has 0 saturated carbocycles. The third kappa shape index (κ3) is 2.71. The van der Waals surface area contributed by atoms with E-state index in [0.29, 0.717) is 6.04 Å². The van der Waals surface area contributed by atoms with Gasteiger partial charge in [-0.1, -0.05) is 43.8 Å². The molecule has 1 aromatic rings. The van der Waals surface area contributed by atoms with Crippen molar-refractivity contribution in [3.05, 3.63) is 42.0 Å². The Hall–Kier alpha value is -1.08. The molecule has 1 aromatic carbocycles. The topological polar surface area (TPSA) is 12.0 Å². The standard InChI is InChI=1S/C12H17N/c1-4-11-6-8-12(9-7-11)10(3)13-5-2/h4,6-10,13H,1,5H2,2-3H3. The second-order valence-corrected chi connectivity index (χ2v) is 3.15. The van der Waals surface area contributed by atoms with Crippen LogP contribution in [0.2, 0.25) is 0 Å². The molecule has 0 aliphatic heterocycles. The van der Waals surface area contributed by atoms with Gasteiger partial charge in [0.25, 0.3) is 0 Å². The fourth-order valence-electron chi connectivity index (χ4n) is 1.34. The van der Waals surface area contributed by atoms with Crippen LogP contribution >= 0.6 is 0 Å².